The molecule has 3 rings (SSSR count). The van der Waals surface area contributed by atoms with Crippen molar-refractivity contribution in [3.05, 3.63) is 21.4 Å². The van der Waals surface area contributed by atoms with Gasteiger partial charge in [-0.2, -0.15) is 0 Å². The lowest BCUT2D eigenvalue weighted by atomic mass is 9.91. The standard InChI is InChI=1S/C16H22FNOS/c1-10(17)12-5-4-6-18(12)15(19)13-7-11-8-16(2,3)9-14(11)20-13/h7,10,12H,4-6,8-9H2,1-3H3. The minimum absolute atomic E-state index is 0.0363. The van der Waals surface area contributed by atoms with E-state index < -0.39 is 6.17 Å². The highest BCUT2D eigenvalue weighted by molar-refractivity contribution is 7.14. The fourth-order valence-electron chi connectivity index (χ4n) is 3.55. The number of thiophene rings is 1. The fourth-order valence-corrected chi connectivity index (χ4v) is 4.94. The first kappa shape index (κ1) is 14.1. The van der Waals surface area contributed by atoms with Gasteiger partial charge >= 0.3 is 0 Å². The minimum Gasteiger partial charge on any atom is -0.332 e. The van der Waals surface area contributed by atoms with E-state index in [1.807, 2.05) is 0 Å². The summed E-state index contributed by atoms with van der Waals surface area (Å²) in [5.74, 6) is 0.0363. The highest BCUT2D eigenvalue weighted by atomic mass is 32.1. The first-order valence-corrected chi connectivity index (χ1v) is 8.26. The van der Waals surface area contributed by atoms with Gasteiger partial charge in [-0.3, -0.25) is 4.79 Å². The van der Waals surface area contributed by atoms with E-state index in [1.54, 1.807) is 23.2 Å². The van der Waals surface area contributed by atoms with Gasteiger partial charge in [-0.1, -0.05) is 13.8 Å². The van der Waals surface area contributed by atoms with Crippen molar-refractivity contribution < 1.29 is 9.18 Å². The van der Waals surface area contributed by atoms with Crippen LogP contribution in [0.3, 0.4) is 0 Å². The number of halogens is 1. The van der Waals surface area contributed by atoms with Gasteiger partial charge in [-0.05, 0) is 49.7 Å². The second-order valence-corrected chi connectivity index (χ2v) is 8.10. The number of carbonyl (C=O) groups is 1. The lowest BCUT2D eigenvalue weighted by Crippen LogP contribution is -2.39. The van der Waals surface area contributed by atoms with Crippen LogP contribution in [0.25, 0.3) is 0 Å². The quantitative estimate of drug-likeness (QED) is 0.812. The van der Waals surface area contributed by atoms with Gasteiger partial charge in [0.15, 0.2) is 0 Å². The average Bonchev–Trinajstić information content (AvgIpc) is 2.98. The molecule has 2 unspecified atom stereocenters. The van der Waals surface area contributed by atoms with E-state index in [4.69, 9.17) is 0 Å². The molecule has 0 radical (unpaired) electrons. The third-order valence-electron chi connectivity index (χ3n) is 4.51. The number of nitrogens with zero attached hydrogens (tertiary/aromatic N) is 1. The molecule has 110 valence electrons. The summed E-state index contributed by atoms with van der Waals surface area (Å²) in [6.07, 6.45) is 2.88. The summed E-state index contributed by atoms with van der Waals surface area (Å²) in [6.45, 7) is 6.80. The van der Waals surface area contributed by atoms with Gasteiger partial charge in [0.25, 0.3) is 5.91 Å². The predicted molar refractivity (Wildman–Crippen MR) is 80.1 cm³/mol. The fraction of sp³-hybridized carbons (Fsp3) is 0.688. The first-order valence-electron chi connectivity index (χ1n) is 7.44. The highest BCUT2D eigenvalue weighted by Crippen LogP contribution is 2.41. The molecule has 1 saturated heterocycles. The third-order valence-corrected chi connectivity index (χ3v) is 5.67. The number of likely N-dealkylation sites (tertiary alicyclic amines) is 1. The maximum Gasteiger partial charge on any atom is 0.264 e. The van der Waals surface area contributed by atoms with Crippen LogP contribution in [-0.4, -0.2) is 29.6 Å². The van der Waals surface area contributed by atoms with E-state index in [0.717, 1.165) is 30.6 Å². The van der Waals surface area contributed by atoms with E-state index in [1.165, 1.54) is 10.4 Å². The summed E-state index contributed by atoms with van der Waals surface area (Å²) in [4.78, 5) is 16.5. The van der Waals surface area contributed by atoms with Crippen LogP contribution < -0.4 is 0 Å². The van der Waals surface area contributed by atoms with Gasteiger partial charge in [0.1, 0.15) is 6.17 Å². The second kappa shape index (κ2) is 4.83. The summed E-state index contributed by atoms with van der Waals surface area (Å²) in [6, 6.07) is 1.82. The smallest absolute Gasteiger partial charge is 0.264 e. The molecule has 0 aromatic carbocycles. The monoisotopic (exact) mass is 295 g/mol. The summed E-state index contributed by atoms with van der Waals surface area (Å²) < 4.78 is 13.6. The topological polar surface area (TPSA) is 20.3 Å². The number of alkyl halides is 1. The van der Waals surface area contributed by atoms with Crippen molar-refractivity contribution >= 4 is 17.2 Å². The highest BCUT2D eigenvalue weighted by Gasteiger charge is 2.36. The van der Waals surface area contributed by atoms with E-state index in [0.29, 0.717) is 12.0 Å². The Balaban J connectivity index is 1.79. The van der Waals surface area contributed by atoms with Crippen LogP contribution in [0.1, 0.15) is 53.7 Å². The van der Waals surface area contributed by atoms with E-state index in [9.17, 15) is 9.18 Å². The van der Waals surface area contributed by atoms with Gasteiger partial charge < -0.3 is 4.90 Å². The number of amides is 1. The summed E-state index contributed by atoms with van der Waals surface area (Å²) in [5, 5.41) is 0. The molecule has 1 aliphatic carbocycles. The Morgan fingerprint density at radius 3 is 2.90 bits per heavy atom. The number of carbonyl (C=O) groups excluding carboxylic acids is 1. The summed E-state index contributed by atoms with van der Waals surface area (Å²) in [5.41, 5.74) is 1.65. The van der Waals surface area contributed by atoms with E-state index in [-0.39, 0.29) is 11.9 Å². The molecule has 2 heterocycles. The largest absolute Gasteiger partial charge is 0.332 e. The zero-order valence-corrected chi connectivity index (χ0v) is 13.2. The Morgan fingerprint density at radius 2 is 2.25 bits per heavy atom. The van der Waals surface area contributed by atoms with E-state index >= 15 is 0 Å². The van der Waals surface area contributed by atoms with Crippen LogP contribution in [0.4, 0.5) is 4.39 Å². The second-order valence-electron chi connectivity index (χ2n) is 6.96. The first-order chi connectivity index (χ1) is 9.37. The molecule has 1 aromatic heterocycles. The normalized spacial score (nSPS) is 25.8. The molecule has 4 heteroatoms. The maximum absolute atomic E-state index is 13.6. The molecule has 2 aliphatic rings. The molecule has 0 spiro atoms. The van der Waals surface area contributed by atoms with Gasteiger partial charge in [-0.15, -0.1) is 11.3 Å². The Hall–Kier alpha value is -0.900. The van der Waals surface area contributed by atoms with Crippen molar-refractivity contribution in [1.82, 2.24) is 4.90 Å². The van der Waals surface area contributed by atoms with Crippen LogP contribution in [0.15, 0.2) is 6.07 Å². The Kier molecular flexibility index (Phi) is 3.39. The molecule has 1 aliphatic heterocycles. The molecule has 1 fully saturated rings. The molecule has 1 aromatic rings. The molecular formula is C16H22FNOS. The van der Waals surface area contributed by atoms with Crippen molar-refractivity contribution in [2.45, 2.75) is 58.7 Å². The Morgan fingerprint density at radius 1 is 1.50 bits per heavy atom. The Bertz CT molecular complexity index is 509. The molecule has 2 atom stereocenters. The minimum atomic E-state index is -0.938. The van der Waals surface area contributed by atoms with Crippen molar-refractivity contribution in [2.24, 2.45) is 5.41 Å². The van der Waals surface area contributed by atoms with Gasteiger partial charge in [0.2, 0.25) is 0 Å². The number of fused-ring (bicyclic) bond motifs is 1. The molecule has 1 amide bonds. The molecule has 0 N–H and O–H groups in total. The van der Waals surface area contributed by atoms with Gasteiger partial charge in [0, 0.05) is 11.4 Å². The molecular weight excluding hydrogens is 273 g/mol. The number of hydrogen-bond donors (Lipinski definition) is 0. The maximum atomic E-state index is 13.6. The van der Waals surface area contributed by atoms with Gasteiger partial charge in [0.05, 0.1) is 10.9 Å². The molecule has 20 heavy (non-hydrogen) atoms. The lowest BCUT2D eigenvalue weighted by Gasteiger charge is -2.25. The van der Waals surface area contributed by atoms with Crippen molar-refractivity contribution in [1.29, 1.82) is 0 Å². The van der Waals surface area contributed by atoms with Crippen molar-refractivity contribution in [2.75, 3.05) is 6.54 Å². The predicted octanol–water partition coefficient (Wildman–Crippen LogP) is 3.84. The molecule has 0 saturated carbocycles. The number of hydrogen-bond acceptors (Lipinski definition) is 2. The average molecular weight is 295 g/mol. The summed E-state index contributed by atoms with van der Waals surface area (Å²) in [7, 11) is 0. The van der Waals surface area contributed by atoms with Crippen LogP contribution in [0.2, 0.25) is 0 Å². The van der Waals surface area contributed by atoms with Crippen LogP contribution in [0.5, 0.6) is 0 Å². The van der Waals surface area contributed by atoms with Crippen molar-refractivity contribution in [3.8, 4) is 0 Å². The van der Waals surface area contributed by atoms with Crippen molar-refractivity contribution in [3.63, 3.8) is 0 Å². The van der Waals surface area contributed by atoms with Crippen LogP contribution in [0, 0.1) is 5.41 Å². The van der Waals surface area contributed by atoms with E-state index in [2.05, 4.69) is 19.9 Å². The summed E-state index contributed by atoms with van der Waals surface area (Å²) >= 11 is 1.62. The zero-order chi connectivity index (χ0) is 14.5. The lowest BCUT2D eigenvalue weighted by molar-refractivity contribution is 0.0670. The third kappa shape index (κ3) is 2.39. The Labute approximate surface area is 124 Å². The zero-order valence-electron chi connectivity index (χ0n) is 12.4. The number of rotatable bonds is 2. The van der Waals surface area contributed by atoms with Crippen LogP contribution in [-0.2, 0) is 12.8 Å². The molecule has 0 bridgehead atoms. The SMILES string of the molecule is CC(F)C1CCCN1C(=O)c1cc2c(s1)CC(C)(C)C2. The van der Waals surface area contributed by atoms with Crippen LogP contribution >= 0.6 is 11.3 Å². The van der Waals surface area contributed by atoms with Gasteiger partial charge in [-0.25, -0.2) is 4.39 Å². The molecule has 2 nitrogen and oxygen atoms in total.